The predicted molar refractivity (Wildman–Crippen MR) is 57.2 cm³/mol. The van der Waals surface area contributed by atoms with Crippen LogP contribution in [0.2, 0.25) is 0 Å². The van der Waals surface area contributed by atoms with Gasteiger partial charge in [0.25, 0.3) is 0 Å². The van der Waals surface area contributed by atoms with E-state index in [0.717, 1.165) is 6.42 Å². The molecule has 0 amide bonds. The molecule has 0 bridgehead atoms. The molecule has 0 fully saturated rings. The van der Waals surface area contributed by atoms with E-state index in [2.05, 4.69) is 5.32 Å². The largest absolute Gasteiger partial charge is 0.386 e. The minimum absolute atomic E-state index is 0.209. The Balaban J connectivity index is 2.85. The highest BCUT2D eigenvalue weighted by Crippen LogP contribution is 2.21. The number of allylic oxidation sites excluding steroid dienone is 2. The smallest absolute Gasteiger partial charge is 0.164 e. The van der Waals surface area contributed by atoms with Crippen LogP contribution in [0, 0.1) is 0 Å². The third-order valence-electron chi connectivity index (χ3n) is 2.27. The van der Waals surface area contributed by atoms with Gasteiger partial charge in [-0.15, -0.1) is 0 Å². The van der Waals surface area contributed by atoms with Crippen molar-refractivity contribution in [1.29, 1.82) is 0 Å². The number of aliphatic hydroxyl groups is 1. The summed E-state index contributed by atoms with van der Waals surface area (Å²) in [6.45, 7) is 1.97. The van der Waals surface area contributed by atoms with Crippen molar-refractivity contribution >= 4 is 17.3 Å². The molecule has 13 heavy (non-hydrogen) atoms. The third-order valence-corrected chi connectivity index (χ3v) is 2.37. The van der Waals surface area contributed by atoms with Gasteiger partial charge in [0.05, 0.1) is 11.6 Å². The van der Waals surface area contributed by atoms with E-state index in [1.165, 1.54) is 0 Å². The first kappa shape index (κ1) is 10.2. The summed E-state index contributed by atoms with van der Waals surface area (Å²) in [5.41, 5.74) is 4.87. The van der Waals surface area contributed by atoms with E-state index in [9.17, 15) is 5.11 Å². The summed E-state index contributed by atoms with van der Waals surface area (Å²) in [5.74, 6) is 0. The maximum Gasteiger partial charge on any atom is 0.164 e. The van der Waals surface area contributed by atoms with Crippen molar-refractivity contribution < 1.29 is 5.11 Å². The van der Waals surface area contributed by atoms with Crippen LogP contribution in [0.15, 0.2) is 24.3 Å². The summed E-state index contributed by atoms with van der Waals surface area (Å²) in [4.78, 5) is 0. The van der Waals surface area contributed by atoms with Crippen molar-refractivity contribution in [2.24, 2.45) is 5.73 Å². The fraction of sp³-hybridized carbons (Fsp3) is 0.444. The van der Waals surface area contributed by atoms with E-state index < -0.39 is 11.6 Å². The predicted octanol–water partition coefficient (Wildman–Crippen LogP) is 0.455. The molecule has 1 rings (SSSR count). The summed E-state index contributed by atoms with van der Waals surface area (Å²) in [6, 6.07) is 0. The topological polar surface area (TPSA) is 58.3 Å². The van der Waals surface area contributed by atoms with E-state index in [4.69, 9.17) is 18.0 Å². The van der Waals surface area contributed by atoms with Gasteiger partial charge in [-0.05, 0) is 18.6 Å². The van der Waals surface area contributed by atoms with Gasteiger partial charge < -0.3 is 16.2 Å². The Morgan fingerprint density at radius 1 is 1.69 bits per heavy atom. The molecule has 2 atom stereocenters. The summed E-state index contributed by atoms with van der Waals surface area (Å²) >= 11 is 4.77. The van der Waals surface area contributed by atoms with Crippen LogP contribution in [0.4, 0.5) is 0 Å². The molecule has 0 radical (unpaired) electrons. The van der Waals surface area contributed by atoms with Gasteiger partial charge in [-0.1, -0.05) is 31.2 Å². The van der Waals surface area contributed by atoms with Crippen molar-refractivity contribution in [3.63, 3.8) is 0 Å². The Hall–Kier alpha value is -0.870. The minimum Gasteiger partial charge on any atom is -0.386 e. The average molecular weight is 198 g/mol. The lowest BCUT2D eigenvalue weighted by Gasteiger charge is -2.35. The quantitative estimate of drug-likeness (QED) is 0.564. The summed E-state index contributed by atoms with van der Waals surface area (Å²) < 4.78 is 0. The van der Waals surface area contributed by atoms with Crippen LogP contribution in [0.25, 0.3) is 0 Å². The second kappa shape index (κ2) is 3.89. The van der Waals surface area contributed by atoms with Gasteiger partial charge in [0.15, 0.2) is 5.11 Å². The van der Waals surface area contributed by atoms with E-state index >= 15 is 0 Å². The molecule has 4 heteroatoms. The summed E-state index contributed by atoms with van der Waals surface area (Å²) in [7, 11) is 0. The van der Waals surface area contributed by atoms with Crippen LogP contribution in [-0.2, 0) is 0 Å². The first-order chi connectivity index (χ1) is 6.10. The lowest BCUT2D eigenvalue weighted by Crippen LogP contribution is -2.56. The molecule has 0 aromatic rings. The molecule has 0 aromatic carbocycles. The molecule has 0 spiro atoms. The van der Waals surface area contributed by atoms with Crippen molar-refractivity contribution in [2.45, 2.75) is 25.0 Å². The molecular formula is C9H14N2OS. The molecular weight excluding hydrogens is 184 g/mol. The highest BCUT2D eigenvalue weighted by Gasteiger charge is 2.33. The van der Waals surface area contributed by atoms with Gasteiger partial charge in [-0.2, -0.15) is 0 Å². The number of aliphatic hydroxyl groups excluding tert-OH is 1. The number of thiocarbonyl (C=S) groups is 1. The van der Waals surface area contributed by atoms with Crippen molar-refractivity contribution in [2.75, 3.05) is 0 Å². The summed E-state index contributed by atoms with van der Waals surface area (Å²) in [5, 5.41) is 12.9. The van der Waals surface area contributed by atoms with Crippen LogP contribution in [0.3, 0.4) is 0 Å². The van der Waals surface area contributed by atoms with E-state index in [-0.39, 0.29) is 5.11 Å². The molecule has 1 unspecified atom stereocenters. The fourth-order valence-corrected chi connectivity index (χ4v) is 1.62. The number of hydrogen-bond donors (Lipinski definition) is 3. The number of hydrogen-bond acceptors (Lipinski definition) is 2. The number of nitrogens with one attached hydrogen (secondary N) is 1. The van der Waals surface area contributed by atoms with Gasteiger partial charge in [-0.25, -0.2) is 0 Å². The monoisotopic (exact) mass is 198 g/mol. The van der Waals surface area contributed by atoms with Crippen LogP contribution in [0.1, 0.15) is 13.3 Å². The summed E-state index contributed by atoms with van der Waals surface area (Å²) in [6.07, 6.45) is 7.43. The normalized spacial score (nSPS) is 31.7. The van der Waals surface area contributed by atoms with Crippen LogP contribution in [-0.4, -0.2) is 21.9 Å². The number of nitrogens with two attached hydrogens (primary N) is 1. The maximum atomic E-state index is 9.75. The van der Waals surface area contributed by atoms with Crippen LogP contribution < -0.4 is 11.1 Å². The fourth-order valence-electron chi connectivity index (χ4n) is 1.43. The van der Waals surface area contributed by atoms with Crippen LogP contribution >= 0.6 is 12.2 Å². The zero-order valence-electron chi connectivity index (χ0n) is 7.53. The molecule has 1 aliphatic rings. The van der Waals surface area contributed by atoms with Crippen molar-refractivity contribution in [1.82, 2.24) is 5.32 Å². The third kappa shape index (κ3) is 2.08. The zero-order chi connectivity index (χ0) is 9.90. The standard InChI is InChI=1S/C9H14N2OS/c1-2-9(11-8(10)13)6-4-3-5-7(9)12/h3-7,12H,2H2,1H3,(H3,10,11,13)/t7?,9-/m1/s1. The second-order valence-corrected chi connectivity index (χ2v) is 3.51. The Labute approximate surface area is 83.3 Å². The molecule has 0 saturated heterocycles. The maximum absolute atomic E-state index is 9.75. The van der Waals surface area contributed by atoms with Gasteiger partial charge in [0, 0.05) is 0 Å². The van der Waals surface area contributed by atoms with Gasteiger partial charge in [-0.3, -0.25) is 0 Å². The van der Waals surface area contributed by atoms with Gasteiger partial charge in [0.2, 0.25) is 0 Å². The average Bonchev–Trinajstić information content (AvgIpc) is 2.08. The van der Waals surface area contributed by atoms with E-state index in [1.54, 1.807) is 12.2 Å². The van der Waals surface area contributed by atoms with Gasteiger partial charge >= 0.3 is 0 Å². The molecule has 1 aliphatic carbocycles. The van der Waals surface area contributed by atoms with Crippen molar-refractivity contribution in [3.8, 4) is 0 Å². The first-order valence-corrected chi connectivity index (χ1v) is 4.63. The lowest BCUT2D eigenvalue weighted by molar-refractivity contribution is 0.137. The Morgan fingerprint density at radius 2 is 2.38 bits per heavy atom. The Bertz CT molecular complexity index is 262. The molecule has 0 aliphatic heterocycles. The highest BCUT2D eigenvalue weighted by atomic mass is 32.1. The molecule has 72 valence electrons. The van der Waals surface area contributed by atoms with E-state index in [1.807, 2.05) is 19.1 Å². The molecule has 0 saturated carbocycles. The molecule has 4 N–H and O–H groups in total. The van der Waals surface area contributed by atoms with Crippen LogP contribution in [0.5, 0.6) is 0 Å². The first-order valence-electron chi connectivity index (χ1n) is 4.22. The second-order valence-electron chi connectivity index (χ2n) is 3.07. The molecule has 0 heterocycles. The van der Waals surface area contributed by atoms with E-state index in [0.29, 0.717) is 0 Å². The molecule has 0 aromatic heterocycles. The zero-order valence-corrected chi connectivity index (χ0v) is 8.34. The molecule has 3 nitrogen and oxygen atoms in total. The number of rotatable bonds is 2. The minimum atomic E-state index is -0.580. The SMILES string of the molecule is CC[C@@]1(NC(N)=S)C=CC=CC1O. The Morgan fingerprint density at radius 3 is 2.85 bits per heavy atom. The highest BCUT2D eigenvalue weighted by molar-refractivity contribution is 7.80. The Kier molecular flexibility index (Phi) is 3.06. The van der Waals surface area contributed by atoms with Gasteiger partial charge in [0.1, 0.15) is 0 Å². The van der Waals surface area contributed by atoms with Crippen molar-refractivity contribution in [3.05, 3.63) is 24.3 Å². The lowest BCUT2D eigenvalue weighted by atomic mass is 9.86.